The summed E-state index contributed by atoms with van der Waals surface area (Å²) in [6, 6.07) is 1.76. The first-order valence-corrected chi connectivity index (χ1v) is 6.85. The van der Waals surface area contributed by atoms with Gasteiger partial charge in [-0.05, 0) is 37.7 Å². The number of H-pyrrole nitrogens is 1. The Bertz CT molecular complexity index is 588. The van der Waals surface area contributed by atoms with Crippen LogP contribution in [-0.2, 0) is 9.53 Å². The van der Waals surface area contributed by atoms with Crippen molar-refractivity contribution < 1.29 is 14.3 Å². The van der Waals surface area contributed by atoms with Crippen LogP contribution in [0.25, 0.3) is 0 Å². The largest absolute Gasteiger partial charge is 0.464 e. The van der Waals surface area contributed by atoms with Gasteiger partial charge in [-0.3, -0.25) is 4.79 Å². The summed E-state index contributed by atoms with van der Waals surface area (Å²) in [4.78, 5) is 26.9. The molecule has 1 saturated carbocycles. The van der Waals surface area contributed by atoms with Crippen molar-refractivity contribution >= 4 is 17.6 Å². The maximum absolute atomic E-state index is 12.4. The number of carbonyl (C=O) groups excluding carboxylic acids is 2. The van der Waals surface area contributed by atoms with Crippen molar-refractivity contribution in [2.45, 2.75) is 19.8 Å². The molecule has 0 radical (unpaired) electrons. The fraction of sp³-hybridized carbons (Fsp3) is 0.467. The minimum absolute atomic E-state index is 0.00833. The van der Waals surface area contributed by atoms with Crippen LogP contribution in [0.3, 0.4) is 0 Å². The van der Waals surface area contributed by atoms with E-state index in [0.29, 0.717) is 23.2 Å². The number of aryl methyl sites for hydroxylation is 1. The first-order chi connectivity index (χ1) is 9.58. The Morgan fingerprint density at radius 2 is 2.15 bits per heavy atom. The van der Waals surface area contributed by atoms with Crippen molar-refractivity contribution in [3.63, 3.8) is 0 Å². The highest BCUT2D eigenvalue weighted by molar-refractivity contribution is 6.01. The lowest BCUT2D eigenvalue weighted by Gasteiger charge is -2.17. The zero-order valence-electron chi connectivity index (χ0n) is 11.6. The number of rotatable bonds is 3. The van der Waals surface area contributed by atoms with Gasteiger partial charge in [0.2, 0.25) is 5.91 Å². The highest BCUT2D eigenvalue weighted by Gasteiger charge is 2.40. The Kier molecular flexibility index (Phi) is 3.12. The molecule has 1 heterocycles. The van der Waals surface area contributed by atoms with Crippen LogP contribution in [0.2, 0.25) is 0 Å². The van der Waals surface area contributed by atoms with Crippen LogP contribution in [-0.4, -0.2) is 24.0 Å². The normalized spacial score (nSPS) is 26.8. The van der Waals surface area contributed by atoms with E-state index in [9.17, 15) is 9.59 Å². The number of aromatic nitrogens is 1. The Morgan fingerprint density at radius 1 is 1.35 bits per heavy atom. The molecule has 1 aromatic heterocycles. The van der Waals surface area contributed by atoms with E-state index < -0.39 is 5.97 Å². The molecular formula is C15H18N2O3. The third-order valence-electron chi connectivity index (χ3n) is 4.22. The second-order valence-corrected chi connectivity index (χ2v) is 5.61. The van der Waals surface area contributed by atoms with Crippen LogP contribution in [0.1, 0.15) is 29.0 Å². The number of methoxy groups -OCH3 is 1. The summed E-state index contributed by atoms with van der Waals surface area (Å²) in [6.07, 6.45) is 6.33. The third-order valence-corrected chi connectivity index (χ3v) is 4.22. The fourth-order valence-electron chi connectivity index (χ4n) is 3.26. The molecular weight excluding hydrogens is 256 g/mol. The van der Waals surface area contributed by atoms with Gasteiger partial charge in [-0.25, -0.2) is 4.79 Å². The minimum atomic E-state index is -0.471. The number of anilines is 1. The predicted molar refractivity (Wildman–Crippen MR) is 74.3 cm³/mol. The van der Waals surface area contributed by atoms with Crippen LogP contribution in [0, 0.1) is 24.7 Å². The van der Waals surface area contributed by atoms with Gasteiger partial charge in [-0.2, -0.15) is 0 Å². The van der Waals surface area contributed by atoms with Gasteiger partial charge in [0.05, 0.1) is 12.8 Å². The Hall–Kier alpha value is -2.04. The zero-order valence-corrected chi connectivity index (χ0v) is 11.6. The molecule has 2 aliphatic carbocycles. The summed E-state index contributed by atoms with van der Waals surface area (Å²) < 4.78 is 4.71. The first kappa shape index (κ1) is 13.0. The predicted octanol–water partition coefficient (Wildman–Crippen LogP) is 2.26. The topological polar surface area (TPSA) is 71.2 Å². The van der Waals surface area contributed by atoms with Crippen molar-refractivity contribution in [2.75, 3.05) is 12.4 Å². The maximum atomic E-state index is 12.4. The second kappa shape index (κ2) is 4.81. The van der Waals surface area contributed by atoms with E-state index in [1.165, 1.54) is 7.11 Å². The van der Waals surface area contributed by atoms with Crippen LogP contribution < -0.4 is 5.32 Å². The molecule has 3 rings (SSSR count). The number of hydrogen-bond acceptors (Lipinski definition) is 3. The van der Waals surface area contributed by atoms with Crippen LogP contribution >= 0.6 is 0 Å². The molecule has 0 saturated heterocycles. The number of esters is 1. The lowest BCUT2D eigenvalue weighted by molar-refractivity contribution is -0.120. The lowest BCUT2D eigenvalue weighted by Crippen LogP contribution is -2.26. The van der Waals surface area contributed by atoms with Gasteiger partial charge >= 0.3 is 5.97 Å². The number of aromatic amines is 1. The molecule has 2 N–H and O–H groups in total. The molecule has 2 bridgehead atoms. The number of nitrogens with one attached hydrogen (secondary N) is 2. The summed E-state index contributed by atoms with van der Waals surface area (Å²) in [5, 5.41) is 2.87. The van der Waals surface area contributed by atoms with E-state index in [-0.39, 0.29) is 11.8 Å². The Balaban J connectivity index is 1.76. The first-order valence-electron chi connectivity index (χ1n) is 6.85. The van der Waals surface area contributed by atoms with E-state index in [0.717, 1.165) is 18.5 Å². The van der Waals surface area contributed by atoms with Gasteiger partial charge in [0.1, 0.15) is 5.69 Å². The number of hydrogen-bond donors (Lipinski definition) is 2. The molecule has 0 spiro atoms. The summed E-state index contributed by atoms with van der Waals surface area (Å²) in [7, 11) is 1.32. The summed E-state index contributed by atoms with van der Waals surface area (Å²) in [6.45, 7) is 1.84. The quantitative estimate of drug-likeness (QED) is 0.656. The fourth-order valence-corrected chi connectivity index (χ4v) is 3.26. The van der Waals surface area contributed by atoms with Crippen molar-refractivity contribution in [1.82, 2.24) is 4.98 Å². The Labute approximate surface area is 117 Å². The molecule has 5 heteroatoms. The van der Waals surface area contributed by atoms with Crippen molar-refractivity contribution in [3.8, 4) is 0 Å². The minimum Gasteiger partial charge on any atom is -0.464 e. The van der Waals surface area contributed by atoms with Crippen molar-refractivity contribution in [3.05, 3.63) is 29.6 Å². The van der Waals surface area contributed by atoms with Crippen molar-refractivity contribution in [2.24, 2.45) is 17.8 Å². The lowest BCUT2D eigenvalue weighted by atomic mass is 9.93. The van der Waals surface area contributed by atoms with E-state index in [1.54, 1.807) is 6.07 Å². The van der Waals surface area contributed by atoms with Crippen LogP contribution in [0.5, 0.6) is 0 Å². The molecule has 20 heavy (non-hydrogen) atoms. The maximum Gasteiger partial charge on any atom is 0.356 e. The average Bonchev–Trinajstić information content (AvgIpc) is 3.12. The average molecular weight is 274 g/mol. The van der Waals surface area contributed by atoms with Gasteiger partial charge in [-0.15, -0.1) is 0 Å². The molecule has 1 amide bonds. The second-order valence-electron chi connectivity index (χ2n) is 5.61. The summed E-state index contributed by atoms with van der Waals surface area (Å²) in [5.74, 6) is 0.434. The zero-order chi connectivity index (χ0) is 14.3. The molecule has 0 unspecified atom stereocenters. The van der Waals surface area contributed by atoms with Crippen LogP contribution in [0.15, 0.2) is 18.2 Å². The van der Waals surface area contributed by atoms with Gasteiger partial charge < -0.3 is 15.0 Å². The smallest absolute Gasteiger partial charge is 0.356 e. The molecule has 2 aliphatic rings. The number of ether oxygens (including phenoxy) is 1. The Morgan fingerprint density at radius 3 is 2.75 bits per heavy atom. The molecule has 106 valence electrons. The molecule has 5 nitrogen and oxygen atoms in total. The molecule has 1 aromatic rings. The molecule has 0 aromatic carbocycles. The number of allylic oxidation sites excluding steroid dienone is 2. The van der Waals surface area contributed by atoms with E-state index >= 15 is 0 Å². The standard InChI is InChI=1S/C15H18N2O3/c1-8-5-12(13(16-8)15(19)20-2)17-14(18)11-7-9-3-4-10(11)6-9/h3-5,9-11,16H,6-7H2,1-2H3,(H,17,18)/t9-,10-,11+/m0/s1. The highest BCUT2D eigenvalue weighted by atomic mass is 16.5. The monoisotopic (exact) mass is 274 g/mol. The van der Waals surface area contributed by atoms with Crippen LogP contribution in [0.4, 0.5) is 5.69 Å². The molecule has 1 fully saturated rings. The summed E-state index contributed by atoms with van der Waals surface area (Å²) >= 11 is 0. The van der Waals surface area contributed by atoms with Gasteiger partial charge in [-0.1, -0.05) is 12.2 Å². The van der Waals surface area contributed by atoms with Gasteiger partial charge in [0.15, 0.2) is 0 Å². The van der Waals surface area contributed by atoms with E-state index in [2.05, 4.69) is 22.5 Å². The summed E-state index contributed by atoms with van der Waals surface area (Å²) in [5.41, 5.74) is 1.62. The highest BCUT2D eigenvalue weighted by Crippen LogP contribution is 2.43. The number of fused-ring (bicyclic) bond motifs is 2. The van der Waals surface area contributed by atoms with E-state index in [4.69, 9.17) is 4.74 Å². The van der Waals surface area contributed by atoms with E-state index in [1.807, 2.05) is 6.92 Å². The third kappa shape index (κ3) is 2.13. The van der Waals surface area contributed by atoms with Gasteiger partial charge in [0, 0.05) is 11.6 Å². The van der Waals surface area contributed by atoms with Crippen molar-refractivity contribution in [1.29, 1.82) is 0 Å². The van der Waals surface area contributed by atoms with Gasteiger partial charge in [0.25, 0.3) is 0 Å². The SMILES string of the molecule is COC(=O)c1[nH]c(C)cc1NC(=O)[C@@H]1C[C@H]2C=C[C@H]1C2. The molecule has 0 aliphatic heterocycles. The number of carbonyl (C=O) groups is 2. The number of amides is 1. The molecule has 3 atom stereocenters.